The predicted molar refractivity (Wildman–Crippen MR) is 231 cm³/mol. The predicted octanol–water partition coefficient (Wildman–Crippen LogP) is 7.83. The zero-order valence-electron chi connectivity index (χ0n) is 36.3. The van der Waals surface area contributed by atoms with Crippen LogP contribution in [0.4, 0.5) is 0 Å². The van der Waals surface area contributed by atoms with Gasteiger partial charge in [0.25, 0.3) is 6.01 Å². The van der Waals surface area contributed by atoms with E-state index in [0.29, 0.717) is 38.1 Å². The van der Waals surface area contributed by atoms with Crippen molar-refractivity contribution in [3.8, 4) is 16.6 Å². The molecule has 2 amide bonds. The summed E-state index contributed by atoms with van der Waals surface area (Å²) in [6.07, 6.45) is 7.96. The van der Waals surface area contributed by atoms with Gasteiger partial charge in [0.15, 0.2) is 5.78 Å². The van der Waals surface area contributed by atoms with Crippen molar-refractivity contribution in [2.75, 3.05) is 6.54 Å². The first kappa shape index (κ1) is 44.0. The summed E-state index contributed by atoms with van der Waals surface area (Å²) in [6, 6.07) is 5.31. The number of para-hydroxylation sites is 1. The van der Waals surface area contributed by atoms with Gasteiger partial charge in [-0.25, -0.2) is 13.4 Å². The molecular formula is C45H61N5O8S2. The number of ketones is 1. The van der Waals surface area contributed by atoms with Crippen molar-refractivity contribution in [3.05, 3.63) is 41.4 Å². The first-order valence-corrected chi connectivity index (χ1v) is 24.0. The zero-order chi connectivity index (χ0) is 43.4. The summed E-state index contributed by atoms with van der Waals surface area (Å²) < 4.78 is 42.7. The number of hydrogen-bond donors (Lipinski definition) is 1. The highest BCUT2D eigenvalue weighted by atomic mass is 32.2. The average Bonchev–Trinajstić information content (AvgIpc) is 3.95. The molecule has 2 saturated carbocycles. The van der Waals surface area contributed by atoms with Crippen molar-refractivity contribution in [1.29, 1.82) is 0 Å². The van der Waals surface area contributed by atoms with Crippen molar-refractivity contribution in [2.45, 2.75) is 160 Å². The Labute approximate surface area is 358 Å². The largest absolute Gasteiger partial charge is 0.460 e. The highest BCUT2D eigenvalue weighted by molar-refractivity contribution is 7.90. The van der Waals surface area contributed by atoms with Crippen LogP contribution in [-0.2, 0) is 39.4 Å². The van der Waals surface area contributed by atoms with E-state index < -0.39 is 56.2 Å². The standard InChI is InChI=1S/C45H61N5O8S2/c1-27(2)50-33-18-14-17-32(39-46-36(26-59-39)43(3,4)5)38(33)47-42(50)57-30-22-34-35(51)24-45(41(54)48-60(55,56)31-19-20-31)23-29(45)16-13-11-9-10-12-15-28(40(53)49(34)25-30)21-37(52)58-44(6,7)8/h13-14,16-18,26-31,34H,9-12,15,19-25H2,1-8H3,(H,48,54)/b16-13-/t28-,29+,30-,34+,45-/m1/s1. The van der Waals surface area contributed by atoms with Gasteiger partial charge >= 0.3 is 5.97 Å². The second kappa shape index (κ2) is 16.6. The zero-order valence-corrected chi connectivity index (χ0v) is 37.9. The fourth-order valence-electron chi connectivity index (χ4n) is 8.65. The molecule has 1 aromatic carbocycles. The third-order valence-corrected chi connectivity index (χ3v) is 14.8. The number of benzene rings is 1. The maximum absolute atomic E-state index is 14.8. The van der Waals surface area contributed by atoms with Crippen molar-refractivity contribution in [1.82, 2.24) is 24.2 Å². The second-order valence-electron chi connectivity index (χ2n) is 19.6. The monoisotopic (exact) mass is 863 g/mol. The van der Waals surface area contributed by atoms with Crippen LogP contribution < -0.4 is 9.46 Å². The molecule has 2 aromatic heterocycles. The molecule has 60 heavy (non-hydrogen) atoms. The van der Waals surface area contributed by atoms with E-state index in [0.717, 1.165) is 46.6 Å². The molecule has 2 aliphatic carbocycles. The summed E-state index contributed by atoms with van der Waals surface area (Å²) in [5, 5.41) is 2.33. The van der Waals surface area contributed by atoms with Crippen LogP contribution in [-0.4, -0.2) is 81.0 Å². The SMILES string of the molecule is CC(C)n1c(O[C@@H]2C[C@H]3C(=O)C[C@]4(C(=O)NS(=O)(=O)C5CC5)C[C@@H]4/C=C\CCCCC[C@H](CC(=O)OC(C)(C)C)C(=O)N3C2)nc2c(-c3nc(C(C)(C)C)cs3)cccc21. The maximum Gasteiger partial charge on any atom is 0.307 e. The summed E-state index contributed by atoms with van der Waals surface area (Å²) in [4.78, 5) is 68.2. The number of fused-ring (bicyclic) bond motifs is 3. The highest BCUT2D eigenvalue weighted by Crippen LogP contribution is 2.57. The Morgan fingerprint density at radius 2 is 1.78 bits per heavy atom. The van der Waals surface area contributed by atoms with Gasteiger partial charge in [-0.3, -0.25) is 28.5 Å². The lowest BCUT2D eigenvalue weighted by Gasteiger charge is -2.29. The number of rotatable bonds is 9. The van der Waals surface area contributed by atoms with E-state index in [4.69, 9.17) is 19.4 Å². The molecule has 5 atom stereocenters. The Bertz CT molecular complexity index is 2280. The summed E-state index contributed by atoms with van der Waals surface area (Å²) in [7, 11) is -3.86. The number of aromatic nitrogens is 3. The average molecular weight is 864 g/mol. The summed E-state index contributed by atoms with van der Waals surface area (Å²) >= 11 is 1.57. The second-order valence-corrected chi connectivity index (χ2v) is 22.5. The number of nitrogens with one attached hydrogen (secondary N) is 1. The van der Waals surface area contributed by atoms with E-state index in [1.807, 2.05) is 48.8 Å². The topological polar surface area (TPSA) is 167 Å². The van der Waals surface area contributed by atoms with Crippen LogP contribution in [0.15, 0.2) is 35.7 Å². The fraction of sp³-hybridized carbons (Fsp3) is 0.644. The van der Waals surface area contributed by atoms with Gasteiger partial charge in [0, 0.05) is 41.2 Å². The number of Topliss-reactive ketones (excluding diaryl/α,β-unsaturated/α-hetero) is 1. The first-order chi connectivity index (χ1) is 28.2. The number of carbonyl (C=O) groups excluding carboxylic acids is 4. The molecule has 1 saturated heterocycles. The Hall–Kier alpha value is -4.11. The molecule has 0 bridgehead atoms. The van der Waals surface area contributed by atoms with Crippen LogP contribution in [0.2, 0.25) is 0 Å². The lowest BCUT2D eigenvalue weighted by Crippen LogP contribution is -2.46. The van der Waals surface area contributed by atoms with Gasteiger partial charge in [-0.2, -0.15) is 4.98 Å². The summed E-state index contributed by atoms with van der Waals surface area (Å²) in [5.41, 5.74) is 1.36. The summed E-state index contributed by atoms with van der Waals surface area (Å²) in [6.45, 7) is 15.9. The third-order valence-electron chi connectivity index (χ3n) is 12.1. The highest BCUT2D eigenvalue weighted by Gasteiger charge is 2.61. The van der Waals surface area contributed by atoms with Crippen LogP contribution in [0.1, 0.15) is 138 Å². The number of ether oxygens (including phenoxy) is 2. The number of esters is 1. The number of thiazole rings is 1. The van der Waals surface area contributed by atoms with Crippen LogP contribution in [0.25, 0.3) is 21.6 Å². The molecule has 2 aliphatic heterocycles. The number of sulfonamides is 1. The molecule has 3 fully saturated rings. The first-order valence-electron chi connectivity index (χ1n) is 21.6. The molecule has 7 rings (SSSR count). The minimum atomic E-state index is -3.86. The minimum absolute atomic E-state index is 0.0554. The number of amides is 2. The maximum atomic E-state index is 14.8. The molecule has 0 radical (unpaired) electrons. The van der Waals surface area contributed by atoms with Crippen molar-refractivity contribution < 1.29 is 37.1 Å². The molecule has 13 nitrogen and oxygen atoms in total. The number of hydrogen-bond acceptors (Lipinski definition) is 11. The Balaban J connectivity index is 1.22. The van der Waals surface area contributed by atoms with Crippen LogP contribution in [0.5, 0.6) is 6.01 Å². The number of carbonyl (C=O) groups is 4. The van der Waals surface area contributed by atoms with E-state index in [9.17, 15) is 27.6 Å². The van der Waals surface area contributed by atoms with Gasteiger partial charge in [0.2, 0.25) is 21.8 Å². The molecule has 326 valence electrons. The molecular weight excluding hydrogens is 803 g/mol. The van der Waals surface area contributed by atoms with Crippen LogP contribution in [0.3, 0.4) is 0 Å². The Morgan fingerprint density at radius 1 is 1.03 bits per heavy atom. The molecule has 4 aliphatic rings. The van der Waals surface area contributed by atoms with Gasteiger partial charge in [-0.1, -0.05) is 51.8 Å². The molecule has 15 heteroatoms. The number of allylic oxidation sites excluding steroid dienone is 2. The van der Waals surface area contributed by atoms with Gasteiger partial charge in [0.05, 0.1) is 40.9 Å². The van der Waals surface area contributed by atoms with Crippen LogP contribution in [0, 0.1) is 17.3 Å². The Morgan fingerprint density at radius 3 is 2.45 bits per heavy atom. The van der Waals surface area contributed by atoms with E-state index in [-0.39, 0.29) is 54.9 Å². The quantitative estimate of drug-likeness (QED) is 0.166. The van der Waals surface area contributed by atoms with Gasteiger partial charge < -0.3 is 14.4 Å². The van der Waals surface area contributed by atoms with E-state index in [1.54, 1.807) is 37.0 Å². The van der Waals surface area contributed by atoms with Crippen LogP contribution >= 0.6 is 11.3 Å². The lowest BCUT2D eigenvalue weighted by atomic mass is 9.90. The number of nitrogens with zero attached hydrogens (tertiary/aromatic N) is 4. The van der Waals surface area contributed by atoms with Crippen molar-refractivity contribution >= 4 is 56.0 Å². The summed E-state index contributed by atoms with van der Waals surface area (Å²) in [5.74, 6) is -2.86. The lowest BCUT2D eigenvalue weighted by molar-refractivity contribution is -0.159. The molecule has 4 heterocycles. The Kier molecular flexibility index (Phi) is 12.2. The van der Waals surface area contributed by atoms with Crippen molar-refractivity contribution in [3.63, 3.8) is 0 Å². The molecule has 1 N–H and O–H groups in total. The van der Waals surface area contributed by atoms with Crippen molar-refractivity contribution in [2.24, 2.45) is 17.3 Å². The van der Waals surface area contributed by atoms with Gasteiger partial charge in [-0.05, 0) is 91.2 Å². The smallest absolute Gasteiger partial charge is 0.307 e. The third kappa shape index (κ3) is 9.51. The molecule has 3 aromatic rings. The van der Waals surface area contributed by atoms with E-state index >= 15 is 0 Å². The minimum Gasteiger partial charge on any atom is -0.460 e. The van der Waals surface area contributed by atoms with E-state index in [2.05, 4.69) is 30.9 Å². The number of imidazole rings is 1. The molecule has 0 unspecified atom stereocenters. The molecule has 0 spiro atoms. The van der Waals surface area contributed by atoms with E-state index in [1.165, 1.54) is 0 Å². The van der Waals surface area contributed by atoms with Gasteiger partial charge in [0.1, 0.15) is 22.2 Å². The fourth-order valence-corrected chi connectivity index (χ4v) is 11.1. The van der Waals surface area contributed by atoms with Gasteiger partial charge in [-0.15, -0.1) is 11.3 Å². The normalized spacial score (nSPS) is 26.2.